The number of fused-ring (bicyclic) bond motifs is 1. The summed E-state index contributed by atoms with van der Waals surface area (Å²) in [4.78, 5) is 37.9. The highest BCUT2D eigenvalue weighted by Gasteiger charge is 2.53. The molecule has 0 amide bonds. The predicted octanol–water partition coefficient (Wildman–Crippen LogP) is 3.52. The van der Waals surface area contributed by atoms with Crippen LogP contribution in [0.15, 0.2) is 18.2 Å². The number of ether oxygens (including phenoxy) is 2. The van der Waals surface area contributed by atoms with E-state index in [0.717, 1.165) is 5.56 Å². The van der Waals surface area contributed by atoms with Crippen LogP contribution in [0.2, 0.25) is 0 Å². The van der Waals surface area contributed by atoms with Gasteiger partial charge in [-0.2, -0.15) is 0 Å². The van der Waals surface area contributed by atoms with Gasteiger partial charge >= 0.3 is 5.97 Å². The molecule has 0 saturated carbocycles. The van der Waals surface area contributed by atoms with Gasteiger partial charge in [-0.15, -0.1) is 0 Å². The fourth-order valence-electron chi connectivity index (χ4n) is 3.09. The Bertz CT molecular complexity index is 699. The number of benzene rings is 1. The second kappa shape index (κ2) is 6.98. The molecule has 1 aromatic carbocycles. The van der Waals surface area contributed by atoms with Gasteiger partial charge in [-0.3, -0.25) is 14.4 Å². The Hall–Kier alpha value is -2.17. The van der Waals surface area contributed by atoms with Crippen molar-refractivity contribution in [2.45, 2.75) is 59.0 Å². The number of carbonyl (C=O) groups is 3. The van der Waals surface area contributed by atoms with Crippen LogP contribution in [0.25, 0.3) is 0 Å². The summed E-state index contributed by atoms with van der Waals surface area (Å²) in [5.41, 5.74) is -0.756. The van der Waals surface area contributed by atoms with Crippen LogP contribution in [-0.4, -0.2) is 30.2 Å². The lowest BCUT2D eigenvalue weighted by Gasteiger charge is -2.29. The van der Waals surface area contributed by atoms with E-state index in [0.29, 0.717) is 17.7 Å². The average molecular weight is 346 g/mol. The highest BCUT2D eigenvalue weighted by atomic mass is 16.6. The highest BCUT2D eigenvalue weighted by Crippen LogP contribution is 2.43. The van der Waals surface area contributed by atoms with E-state index in [1.165, 1.54) is 7.11 Å². The summed E-state index contributed by atoms with van der Waals surface area (Å²) in [6.45, 7) is 7.08. The number of carbonyl (C=O) groups excluding carboxylic acids is 3. The Balaban J connectivity index is 2.41. The van der Waals surface area contributed by atoms with Gasteiger partial charge in [0.15, 0.2) is 5.78 Å². The van der Waals surface area contributed by atoms with Gasteiger partial charge in [-0.05, 0) is 51.3 Å². The molecular weight excluding hydrogens is 320 g/mol. The minimum absolute atomic E-state index is 0.0317. The van der Waals surface area contributed by atoms with Crippen molar-refractivity contribution in [1.29, 1.82) is 0 Å². The Labute approximate surface area is 148 Å². The van der Waals surface area contributed by atoms with Crippen molar-refractivity contribution in [1.82, 2.24) is 0 Å². The first-order valence-electron chi connectivity index (χ1n) is 8.60. The van der Waals surface area contributed by atoms with Crippen LogP contribution in [0, 0.1) is 5.41 Å². The van der Waals surface area contributed by atoms with E-state index in [2.05, 4.69) is 0 Å². The number of hydrogen-bond acceptors (Lipinski definition) is 5. The third-order valence-corrected chi connectivity index (χ3v) is 4.50. The highest BCUT2D eigenvalue weighted by molar-refractivity contribution is 6.16. The van der Waals surface area contributed by atoms with Gasteiger partial charge in [0, 0.05) is 18.4 Å². The first kappa shape index (κ1) is 19.2. The van der Waals surface area contributed by atoms with Crippen molar-refractivity contribution in [2.75, 3.05) is 7.11 Å². The van der Waals surface area contributed by atoms with Gasteiger partial charge in [0.1, 0.15) is 22.5 Å². The quantitative estimate of drug-likeness (QED) is 0.582. The molecule has 1 unspecified atom stereocenters. The second-order valence-corrected chi connectivity index (χ2v) is 7.51. The third-order valence-electron chi connectivity index (χ3n) is 4.50. The molecule has 0 bridgehead atoms. The zero-order valence-electron chi connectivity index (χ0n) is 15.6. The molecule has 0 fully saturated rings. The number of methoxy groups -OCH3 is 1. The maximum Gasteiger partial charge on any atom is 0.320 e. The first-order valence-corrected chi connectivity index (χ1v) is 8.60. The molecule has 2 rings (SSSR count). The van der Waals surface area contributed by atoms with Crippen molar-refractivity contribution < 1.29 is 23.9 Å². The molecule has 5 nitrogen and oxygen atoms in total. The van der Waals surface area contributed by atoms with E-state index >= 15 is 0 Å². The van der Waals surface area contributed by atoms with E-state index in [1.54, 1.807) is 45.9 Å². The van der Waals surface area contributed by atoms with Crippen LogP contribution in [-0.2, 0) is 20.7 Å². The molecule has 1 aliphatic carbocycles. The topological polar surface area (TPSA) is 69.7 Å². The molecule has 5 heteroatoms. The molecule has 0 radical (unpaired) electrons. The summed E-state index contributed by atoms with van der Waals surface area (Å²) >= 11 is 0. The standard InChI is InChI=1S/C20H26O5/c1-6-14(21)9-10-20(18(23)25-19(2,3)4)12-13-7-8-15(24-5)11-16(13)17(20)22/h7-8,11H,6,9-10,12H2,1-5H3. The van der Waals surface area contributed by atoms with Crippen LogP contribution in [0.3, 0.4) is 0 Å². The van der Waals surface area contributed by atoms with Gasteiger partial charge in [0.05, 0.1) is 7.11 Å². The number of rotatable bonds is 6. The maximum absolute atomic E-state index is 13.1. The van der Waals surface area contributed by atoms with E-state index in [-0.39, 0.29) is 30.8 Å². The molecule has 1 aliphatic rings. The molecule has 0 N–H and O–H groups in total. The maximum atomic E-state index is 13.1. The Morgan fingerprint density at radius 3 is 2.48 bits per heavy atom. The minimum Gasteiger partial charge on any atom is -0.497 e. The normalized spacial score (nSPS) is 19.5. The van der Waals surface area contributed by atoms with Crippen molar-refractivity contribution >= 4 is 17.5 Å². The van der Waals surface area contributed by atoms with Gasteiger partial charge in [0.25, 0.3) is 0 Å². The van der Waals surface area contributed by atoms with E-state index in [9.17, 15) is 14.4 Å². The van der Waals surface area contributed by atoms with Crippen molar-refractivity contribution in [3.63, 3.8) is 0 Å². The van der Waals surface area contributed by atoms with Crippen molar-refractivity contribution in [3.05, 3.63) is 29.3 Å². The predicted molar refractivity (Wildman–Crippen MR) is 93.8 cm³/mol. The number of ketones is 2. The van der Waals surface area contributed by atoms with Crippen LogP contribution in [0.4, 0.5) is 0 Å². The van der Waals surface area contributed by atoms with Crippen LogP contribution >= 0.6 is 0 Å². The van der Waals surface area contributed by atoms with Gasteiger partial charge in [-0.25, -0.2) is 0 Å². The van der Waals surface area contributed by atoms with E-state index in [1.807, 2.05) is 0 Å². The molecule has 0 aliphatic heterocycles. The van der Waals surface area contributed by atoms with Crippen molar-refractivity contribution in [2.24, 2.45) is 5.41 Å². The SMILES string of the molecule is CCC(=O)CCC1(C(=O)OC(C)(C)C)Cc2ccc(OC)cc2C1=O. The van der Waals surface area contributed by atoms with Crippen LogP contribution in [0.5, 0.6) is 5.75 Å². The fourth-order valence-corrected chi connectivity index (χ4v) is 3.09. The van der Waals surface area contributed by atoms with E-state index < -0.39 is 17.0 Å². The summed E-state index contributed by atoms with van der Waals surface area (Å²) in [7, 11) is 1.53. The summed E-state index contributed by atoms with van der Waals surface area (Å²) in [6.07, 6.45) is 1.01. The molecule has 0 heterocycles. The molecule has 0 spiro atoms. The van der Waals surface area contributed by atoms with E-state index in [4.69, 9.17) is 9.47 Å². The lowest BCUT2D eigenvalue weighted by molar-refractivity contribution is -0.164. The summed E-state index contributed by atoms with van der Waals surface area (Å²) < 4.78 is 10.7. The van der Waals surface area contributed by atoms with Crippen LogP contribution in [0.1, 0.15) is 62.9 Å². The zero-order valence-corrected chi connectivity index (χ0v) is 15.6. The summed E-state index contributed by atoms with van der Waals surface area (Å²) in [5.74, 6) is -0.232. The van der Waals surface area contributed by atoms with Crippen molar-refractivity contribution in [3.8, 4) is 5.75 Å². The Kier molecular flexibility index (Phi) is 5.35. The number of esters is 1. The Morgan fingerprint density at radius 1 is 1.24 bits per heavy atom. The summed E-state index contributed by atoms with van der Waals surface area (Å²) in [6, 6.07) is 5.24. The second-order valence-electron chi connectivity index (χ2n) is 7.51. The van der Waals surface area contributed by atoms with Gasteiger partial charge in [-0.1, -0.05) is 13.0 Å². The lowest BCUT2D eigenvalue weighted by atomic mass is 9.78. The minimum atomic E-state index is -1.33. The molecule has 25 heavy (non-hydrogen) atoms. The van der Waals surface area contributed by atoms with Gasteiger partial charge in [0.2, 0.25) is 0 Å². The lowest BCUT2D eigenvalue weighted by Crippen LogP contribution is -2.42. The fraction of sp³-hybridized carbons (Fsp3) is 0.550. The average Bonchev–Trinajstić information content (AvgIpc) is 2.84. The first-order chi connectivity index (χ1) is 11.6. The monoisotopic (exact) mass is 346 g/mol. The van der Waals surface area contributed by atoms with Gasteiger partial charge < -0.3 is 9.47 Å². The largest absolute Gasteiger partial charge is 0.497 e. The molecular formula is C20H26O5. The molecule has 1 atom stereocenters. The molecule has 0 saturated heterocycles. The molecule has 1 aromatic rings. The smallest absolute Gasteiger partial charge is 0.320 e. The third kappa shape index (κ3) is 3.91. The Morgan fingerprint density at radius 2 is 1.92 bits per heavy atom. The molecule has 136 valence electrons. The zero-order chi connectivity index (χ0) is 18.8. The molecule has 0 aromatic heterocycles. The summed E-state index contributed by atoms with van der Waals surface area (Å²) in [5, 5.41) is 0. The number of Topliss-reactive ketones (excluding diaryl/α,β-unsaturated/α-hetero) is 2. The van der Waals surface area contributed by atoms with Crippen LogP contribution < -0.4 is 4.74 Å². The number of hydrogen-bond donors (Lipinski definition) is 0.